The van der Waals surface area contributed by atoms with Gasteiger partial charge in [-0.15, -0.1) is 24.0 Å². The van der Waals surface area contributed by atoms with Crippen LogP contribution in [0.3, 0.4) is 0 Å². The van der Waals surface area contributed by atoms with E-state index in [4.69, 9.17) is 4.52 Å². The third kappa shape index (κ3) is 4.67. The van der Waals surface area contributed by atoms with Gasteiger partial charge in [-0.25, -0.2) is 0 Å². The highest BCUT2D eigenvalue weighted by Gasteiger charge is 2.33. The molecule has 0 saturated heterocycles. The van der Waals surface area contributed by atoms with Crippen molar-refractivity contribution in [1.29, 1.82) is 0 Å². The molecule has 0 bridgehead atoms. The monoisotopic (exact) mass is 378 g/mol. The molecule has 1 heterocycles. The smallest absolute Gasteiger partial charge is 0.191 e. The summed E-state index contributed by atoms with van der Waals surface area (Å²) in [4.78, 5) is 4.19. The van der Waals surface area contributed by atoms with Crippen molar-refractivity contribution in [3.05, 3.63) is 17.5 Å². The van der Waals surface area contributed by atoms with Crippen LogP contribution in [0.4, 0.5) is 0 Å². The fourth-order valence-electron chi connectivity index (χ4n) is 1.75. The maximum absolute atomic E-state index is 5.27. The van der Waals surface area contributed by atoms with Gasteiger partial charge in [-0.1, -0.05) is 25.9 Å². The molecule has 0 aliphatic heterocycles. The van der Waals surface area contributed by atoms with Crippen LogP contribution in [0.1, 0.15) is 44.6 Å². The SMILES string of the molecule is CN=C(NCc1cc(C(C)C)no1)NC1CC1C.I. The number of nitrogens with zero attached hydrogens (tertiary/aromatic N) is 2. The van der Waals surface area contributed by atoms with E-state index >= 15 is 0 Å². The summed E-state index contributed by atoms with van der Waals surface area (Å²) in [6.45, 7) is 7.05. The molecule has 1 aliphatic carbocycles. The van der Waals surface area contributed by atoms with Crippen LogP contribution >= 0.6 is 24.0 Å². The molecule has 2 rings (SSSR count). The third-order valence-electron chi connectivity index (χ3n) is 3.25. The Kier molecular flexibility index (Phi) is 6.09. The van der Waals surface area contributed by atoms with Crippen LogP contribution in [0.15, 0.2) is 15.6 Å². The number of nitrogens with one attached hydrogen (secondary N) is 2. The molecule has 108 valence electrons. The lowest BCUT2D eigenvalue weighted by molar-refractivity contribution is 0.372. The molecule has 5 nitrogen and oxygen atoms in total. The minimum absolute atomic E-state index is 0. The normalized spacial score (nSPS) is 22.1. The van der Waals surface area contributed by atoms with Crippen molar-refractivity contribution in [2.75, 3.05) is 7.05 Å². The number of guanidine groups is 1. The lowest BCUT2D eigenvalue weighted by atomic mass is 10.1. The van der Waals surface area contributed by atoms with Crippen LogP contribution in [-0.4, -0.2) is 24.2 Å². The first-order chi connectivity index (χ1) is 8.60. The number of halogens is 1. The molecular formula is C13H23IN4O. The summed E-state index contributed by atoms with van der Waals surface area (Å²) < 4.78 is 5.27. The number of aliphatic imine (C=N–C) groups is 1. The molecule has 1 fully saturated rings. The fourth-order valence-corrected chi connectivity index (χ4v) is 1.75. The molecule has 1 saturated carbocycles. The van der Waals surface area contributed by atoms with Crippen LogP contribution in [0.5, 0.6) is 0 Å². The zero-order valence-corrected chi connectivity index (χ0v) is 14.3. The van der Waals surface area contributed by atoms with Crippen molar-refractivity contribution < 1.29 is 4.52 Å². The van der Waals surface area contributed by atoms with Gasteiger partial charge in [0.2, 0.25) is 0 Å². The van der Waals surface area contributed by atoms with E-state index in [0.29, 0.717) is 18.5 Å². The van der Waals surface area contributed by atoms with Crippen molar-refractivity contribution in [3.8, 4) is 0 Å². The maximum atomic E-state index is 5.27. The van der Waals surface area contributed by atoms with Gasteiger partial charge in [0.25, 0.3) is 0 Å². The first-order valence-electron chi connectivity index (χ1n) is 6.52. The summed E-state index contributed by atoms with van der Waals surface area (Å²) in [5.74, 6) is 2.81. The molecular weight excluding hydrogens is 355 g/mol. The minimum Gasteiger partial charge on any atom is -0.359 e. The van der Waals surface area contributed by atoms with Crippen LogP contribution in [0.2, 0.25) is 0 Å². The Balaban J connectivity index is 0.00000180. The van der Waals surface area contributed by atoms with E-state index in [1.165, 1.54) is 6.42 Å². The molecule has 6 heteroatoms. The van der Waals surface area contributed by atoms with E-state index in [2.05, 4.69) is 41.6 Å². The summed E-state index contributed by atoms with van der Waals surface area (Å²) in [5, 5.41) is 10.6. The molecule has 19 heavy (non-hydrogen) atoms. The van der Waals surface area contributed by atoms with Crippen LogP contribution in [0, 0.1) is 5.92 Å². The minimum atomic E-state index is 0. The average Bonchev–Trinajstić information content (AvgIpc) is 2.84. The zero-order chi connectivity index (χ0) is 13.1. The van der Waals surface area contributed by atoms with Crippen molar-refractivity contribution in [1.82, 2.24) is 15.8 Å². The molecule has 0 spiro atoms. The summed E-state index contributed by atoms with van der Waals surface area (Å²) >= 11 is 0. The lowest BCUT2D eigenvalue weighted by Crippen LogP contribution is -2.38. The van der Waals surface area contributed by atoms with Gasteiger partial charge < -0.3 is 15.2 Å². The summed E-state index contributed by atoms with van der Waals surface area (Å²) in [7, 11) is 1.78. The van der Waals surface area contributed by atoms with Crippen molar-refractivity contribution >= 4 is 29.9 Å². The second kappa shape index (κ2) is 7.12. The fraction of sp³-hybridized carbons (Fsp3) is 0.692. The summed E-state index contributed by atoms with van der Waals surface area (Å²) in [6.07, 6.45) is 1.22. The largest absolute Gasteiger partial charge is 0.359 e. The number of aromatic nitrogens is 1. The van der Waals surface area contributed by atoms with E-state index in [1.807, 2.05) is 6.07 Å². The molecule has 0 amide bonds. The predicted molar refractivity (Wildman–Crippen MR) is 86.9 cm³/mol. The van der Waals surface area contributed by atoms with Crippen LogP contribution in [0.25, 0.3) is 0 Å². The maximum Gasteiger partial charge on any atom is 0.191 e. The van der Waals surface area contributed by atoms with E-state index in [-0.39, 0.29) is 24.0 Å². The number of rotatable bonds is 4. The van der Waals surface area contributed by atoms with E-state index < -0.39 is 0 Å². The van der Waals surface area contributed by atoms with E-state index in [9.17, 15) is 0 Å². The van der Waals surface area contributed by atoms with Crippen LogP contribution < -0.4 is 10.6 Å². The summed E-state index contributed by atoms with van der Waals surface area (Å²) in [5.41, 5.74) is 0.991. The van der Waals surface area contributed by atoms with E-state index in [0.717, 1.165) is 23.3 Å². The second-order valence-corrected chi connectivity index (χ2v) is 5.26. The quantitative estimate of drug-likeness (QED) is 0.480. The summed E-state index contributed by atoms with van der Waals surface area (Å²) in [6, 6.07) is 2.56. The highest BCUT2D eigenvalue weighted by atomic mass is 127. The average molecular weight is 378 g/mol. The molecule has 2 unspecified atom stereocenters. The number of hydrogen-bond acceptors (Lipinski definition) is 3. The Bertz CT molecular complexity index is 430. The van der Waals surface area contributed by atoms with Crippen molar-refractivity contribution in [3.63, 3.8) is 0 Å². The predicted octanol–water partition coefficient (Wildman–Crippen LogP) is 2.49. The van der Waals surface area contributed by atoms with Gasteiger partial charge in [-0.2, -0.15) is 0 Å². The van der Waals surface area contributed by atoms with Gasteiger partial charge in [-0.3, -0.25) is 4.99 Å². The van der Waals surface area contributed by atoms with Gasteiger partial charge in [-0.05, 0) is 18.3 Å². The Morgan fingerprint density at radius 1 is 1.58 bits per heavy atom. The first-order valence-corrected chi connectivity index (χ1v) is 6.52. The molecule has 1 aromatic heterocycles. The van der Waals surface area contributed by atoms with Crippen LogP contribution in [-0.2, 0) is 6.54 Å². The molecule has 2 N–H and O–H groups in total. The Morgan fingerprint density at radius 3 is 2.74 bits per heavy atom. The Labute approximate surface area is 131 Å². The topological polar surface area (TPSA) is 62.5 Å². The molecule has 1 aliphatic rings. The van der Waals surface area contributed by atoms with Crippen molar-refractivity contribution in [2.45, 2.75) is 45.7 Å². The molecule has 2 atom stereocenters. The highest BCUT2D eigenvalue weighted by molar-refractivity contribution is 14.0. The molecule has 1 aromatic rings. The first kappa shape index (κ1) is 16.3. The van der Waals surface area contributed by atoms with E-state index in [1.54, 1.807) is 7.05 Å². The van der Waals surface area contributed by atoms with Gasteiger partial charge in [0.05, 0.1) is 12.2 Å². The second-order valence-electron chi connectivity index (χ2n) is 5.26. The molecule has 0 radical (unpaired) electrons. The Morgan fingerprint density at radius 2 is 2.26 bits per heavy atom. The van der Waals surface area contributed by atoms with Crippen molar-refractivity contribution in [2.24, 2.45) is 10.9 Å². The third-order valence-corrected chi connectivity index (χ3v) is 3.25. The highest BCUT2D eigenvalue weighted by Crippen LogP contribution is 2.28. The molecule has 0 aromatic carbocycles. The number of hydrogen-bond donors (Lipinski definition) is 2. The zero-order valence-electron chi connectivity index (χ0n) is 11.9. The van der Waals surface area contributed by atoms with Gasteiger partial charge in [0, 0.05) is 19.2 Å². The van der Waals surface area contributed by atoms with Gasteiger partial charge in [0.1, 0.15) is 0 Å². The lowest BCUT2D eigenvalue weighted by Gasteiger charge is -2.09. The van der Waals surface area contributed by atoms with Gasteiger partial charge >= 0.3 is 0 Å². The Hall–Kier alpha value is -0.790. The standard InChI is InChI=1S/C13H22N4O.HI/c1-8(2)11-6-10(18-17-11)7-15-13(14-4)16-12-5-9(12)3;/h6,8-9,12H,5,7H2,1-4H3,(H2,14,15,16);1H. The van der Waals surface area contributed by atoms with Gasteiger partial charge in [0.15, 0.2) is 11.7 Å².